The highest BCUT2D eigenvalue weighted by atomic mass is 35.5. The Labute approximate surface area is 365 Å². The fourth-order valence-corrected chi connectivity index (χ4v) is 10.2. The minimum atomic E-state index is -4.27. The van der Waals surface area contributed by atoms with Crippen molar-refractivity contribution >= 4 is 67.1 Å². The maximum absolute atomic E-state index is 13.8. The van der Waals surface area contributed by atoms with Gasteiger partial charge in [0.25, 0.3) is 15.7 Å². The van der Waals surface area contributed by atoms with Crippen molar-refractivity contribution in [3.05, 3.63) is 154 Å². The van der Waals surface area contributed by atoms with Crippen LogP contribution in [0.3, 0.4) is 0 Å². The fraction of sp³-hybridized carbons (Fsp3) is 0.277. The van der Waals surface area contributed by atoms with E-state index in [4.69, 9.17) is 16.3 Å². The van der Waals surface area contributed by atoms with Crippen LogP contribution in [-0.2, 0) is 21.2 Å². The van der Waals surface area contributed by atoms with Gasteiger partial charge in [-0.15, -0.1) is 11.8 Å². The van der Waals surface area contributed by atoms with Gasteiger partial charge < -0.3 is 10.1 Å². The highest BCUT2D eigenvalue weighted by molar-refractivity contribution is 7.99. The summed E-state index contributed by atoms with van der Waals surface area (Å²) in [4.78, 5) is 23.8. The molecule has 11 nitrogen and oxygen atoms in total. The molecule has 1 aliphatic heterocycles. The van der Waals surface area contributed by atoms with E-state index in [0.29, 0.717) is 35.8 Å². The van der Waals surface area contributed by atoms with Crippen LogP contribution in [0.4, 0.5) is 17.2 Å². The van der Waals surface area contributed by atoms with E-state index in [0.717, 1.165) is 78.8 Å². The quantitative estimate of drug-likeness (QED) is 0.0549. The Hall–Kier alpha value is -5.31. The Kier molecular flexibility index (Phi) is 13.6. The molecule has 0 bridgehead atoms. The molecule has 8 rings (SSSR count). The van der Waals surface area contributed by atoms with Crippen LogP contribution in [0, 0.1) is 16.0 Å². The number of thioether (sulfide) groups is 1. The molecule has 2 aliphatic rings. The third-order valence-electron chi connectivity index (χ3n) is 11.4. The van der Waals surface area contributed by atoms with Gasteiger partial charge in [0.2, 0.25) is 0 Å². The summed E-state index contributed by atoms with van der Waals surface area (Å²) in [7, 11) is -4.27. The molecule has 314 valence electrons. The second kappa shape index (κ2) is 19.6. The number of ether oxygens (including phenoxy) is 1. The molecule has 0 amide bonds. The molecule has 1 aliphatic carbocycles. The van der Waals surface area contributed by atoms with E-state index in [-0.39, 0.29) is 28.1 Å². The number of halogens is 1. The normalized spacial score (nSPS) is 16.5. The number of benzene rings is 5. The minimum Gasteiger partial charge on any atom is -0.379 e. The van der Waals surface area contributed by atoms with Crippen LogP contribution in [0.15, 0.2) is 137 Å². The molecule has 6 aromatic rings. The van der Waals surface area contributed by atoms with Gasteiger partial charge in [0, 0.05) is 52.8 Å². The zero-order valence-electron chi connectivity index (χ0n) is 33.6. The van der Waals surface area contributed by atoms with Crippen molar-refractivity contribution in [2.24, 2.45) is 5.92 Å². The lowest BCUT2D eigenvalue weighted by Crippen LogP contribution is -2.39. The first-order valence-electron chi connectivity index (χ1n) is 20.5. The summed E-state index contributed by atoms with van der Waals surface area (Å²) in [5.74, 6) is 1.26. The summed E-state index contributed by atoms with van der Waals surface area (Å²) in [6.45, 7) is 3.84. The summed E-state index contributed by atoms with van der Waals surface area (Å²) in [5.41, 5.74) is 6.50. The van der Waals surface area contributed by atoms with Crippen molar-refractivity contribution in [1.82, 2.24) is 14.9 Å². The van der Waals surface area contributed by atoms with Crippen molar-refractivity contribution in [2.45, 2.75) is 47.9 Å². The Morgan fingerprint density at radius 2 is 1.69 bits per heavy atom. The third-order valence-corrected chi connectivity index (χ3v) is 14.1. The van der Waals surface area contributed by atoms with Crippen molar-refractivity contribution in [3.8, 4) is 11.1 Å². The Morgan fingerprint density at radius 1 is 0.918 bits per heavy atom. The Balaban J connectivity index is 0.953. The number of anilines is 2. The van der Waals surface area contributed by atoms with Gasteiger partial charge >= 0.3 is 0 Å². The molecule has 1 fully saturated rings. The number of nitro benzene ring substituents is 1. The Morgan fingerprint density at radius 3 is 2.46 bits per heavy atom. The highest BCUT2D eigenvalue weighted by Crippen LogP contribution is 2.37. The second-order valence-electron chi connectivity index (χ2n) is 15.4. The smallest absolute Gasteiger partial charge is 0.293 e. The molecule has 1 aromatic heterocycles. The molecular weight excluding hydrogens is 828 g/mol. The van der Waals surface area contributed by atoms with Crippen LogP contribution in [0.5, 0.6) is 0 Å². The molecule has 2 heterocycles. The average Bonchev–Trinajstić information content (AvgIpc) is 3.28. The molecule has 61 heavy (non-hydrogen) atoms. The zero-order valence-corrected chi connectivity index (χ0v) is 36.0. The van der Waals surface area contributed by atoms with Crippen LogP contribution < -0.4 is 10.0 Å². The Bertz CT molecular complexity index is 2630. The predicted octanol–water partition coefficient (Wildman–Crippen LogP) is 10.4. The first-order chi connectivity index (χ1) is 29.7. The predicted molar refractivity (Wildman–Crippen MR) is 246 cm³/mol. The number of allylic oxidation sites excluding steroid dienone is 2. The van der Waals surface area contributed by atoms with Crippen LogP contribution in [0.1, 0.15) is 36.8 Å². The number of sulfonamides is 1. The second-order valence-corrected chi connectivity index (χ2v) is 18.7. The number of rotatable bonds is 16. The summed E-state index contributed by atoms with van der Waals surface area (Å²) in [6.07, 6.45) is 8.24. The molecule has 2 unspecified atom stereocenters. The number of nitrogens with zero attached hydrogens (tertiary/aromatic N) is 4. The lowest BCUT2D eigenvalue weighted by molar-refractivity contribution is -0.384. The number of morpholine rings is 1. The first kappa shape index (κ1) is 42.4. The lowest BCUT2D eigenvalue weighted by Gasteiger charge is -2.29. The van der Waals surface area contributed by atoms with Crippen LogP contribution >= 0.6 is 23.4 Å². The summed E-state index contributed by atoms with van der Waals surface area (Å²) in [5, 5.41) is 17.1. The number of nitrogens with one attached hydrogen (secondary N) is 2. The van der Waals surface area contributed by atoms with Gasteiger partial charge in [0.1, 0.15) is 12.0 Å². The van der Waals surface area contributed by atoms with Gasteiger partial charge in [-0.2, -0.15) is 0 Å². The van der Waals surface area contributed by atoms with E-state index in [2.05, 4.69) is 67.4 Å². The fourth-order valence-electron chi connectivity index (χ4n) is 8.03. The van der Waals surface area contributed by atoms with Gasteiger partial charge in [-0.3, -0.25) is 19.7 Å². The highest BCUT2D eigenvalue weighted by Gasteiger charge is 2.25. The first-order valence-corrected chi connectivity index (χ1v) is 23.4. The molecular formula is C47H47ClN6O5S2. The summed E-state index contributed by atoms with van der Waals surface area (Å²) in [6, 6.07) is 36.2. The van der Waals surface area contributed by atoms with E-state index in [1.54, 1.807) is 11.8 Å². The third kappa shape index (κ3) is 10.8. The SMILES string of the molecule is O=[N+]([O-])c1cc(S(=O)(=O)Nc2ncnc3cc(C4=CCC(Cc5ccccc5-c5ccc(Cl)cc5)CC4)ccc23)ccc1NC(CCN1CCOCC1)CSc1ccccc1. The number of fused-ring (bicyclic) bond motifs is 1. The van der Waals surface area contributed by atoms with Crippen LogP contribution in [0.25, 0.3) is 27.6 Å². The van der Waals surface area contributed by atoms with E-state index < -0.39 is 14.9 Å². The molecule has 0 saturated carbocycles. The van der Waals surface area contributed by atoms with Gasteiger partial charge in [-0.1, -0.05) is 78.3 Å². The van der Waals surface area contributed by atoms with Gasteiger partial charge in [-0.05, 0) is 114 Å². The van der Waals surface area contributed by atoms with Gasteiger partial charge in [0.05, 0.1) is 28.5 Å². The summed E-state index contributed by atoms with van der Waals surface area (Å²) < 4.78 is 35.8. The molecule has 2 N–H and O–H groups in total. The molecule has 2 atom stereocenters. The van der Waals surface area contributed by atoms with Crippen molar-refractivity contribution in [1.29, 1.82) is 0 Å². The number of hydrogen-bond acceptors (Lipinski definition) is 10. The van der Waals surface area contributed by atoms with Gasteiger partial charge in [0.15, 0.2) is 5.82 Å². The minimum absolute atomic E-state index is 0.0968. The zero-order chi connectivity index (χ0) is 42.2. The van der Waals surface area contributed by atoms with E-state index in [1.165, 1.54) is 35.2 Å². The number of nitro groups is 1. The topological polar surface area (TPSA) is 140 Å². The largest absolute Gasteiger partial charge is 0.379 e. The average molecular weight is 876 g/mol. The van der Waals surface area contributed by atoms with Gasteiger partial charge in [-0.25, -0.2) is 18.4 Å². The van der Waals surface area contributed by atoms with Crippen molar-refractivity contribution in [3.63, 3.8) is 0 Å². The number of hydrogen-bond donors (Lipinski definition) is 2. The standard InChI is InChI=1S/C47H47ClN6O5S2/c48-38-17-14-35(15-18-38)42-9-5-4-6-37(42)28-33-10-12-34(13-11-33)36-16-20-43-45(29-36)49-32-50-47(43)52-61(57,58)41-19-21-44(46(30-41)54(55)56)51-39(22-23-53-24-26-59-27-25-53)31-60-40-7-2-1-3-8-40/h1-9,12,14-21,29-30,32-33,39,51H,10-11,13,22-28,31H2,(H,49,50,52). The lowest BCUT2D eigenvalue weighted by atomic mass is 9.82. The van der Waals surface area contributed by atoms with Crippen molar-refractivity contribution < 1.29 is 18.1 Å². The molecule has 0 radical (unpaired) electrons. The molecule has 5 aromatic carbocycles. The maximum Gasteiger partial charge on any atom is 0.293 e. The van der Waals surface area contributed by atoms with Crippen LogP contribution in [-0.4, -0.2) is 72.9 Å². The monoisotopic (exact) mass is 874 g/mol. The number of aromatic nitrogens is 2. The van der Waals surface area contributed by atoms with E-state index in [1.807, 2.05) is 60.7 Å². The molecule has 14 heteroatoms. The molecule has 1 saturated heterocycles. The van der Waals surface area contributed by atoms with Crippen LogP contribution in [0.2, 0.25) is 5.02 Å². The summed E-state index contributed by atoms with van der Waals surface area (Å²) >= 11 is 7.82. The molecule has 0 spiro atoms. The van der Waals surface area contributed by atoms with E-state index in [9.17, 15) is 18.5 Å². The van der Waals surface area contributed by atoms with Crippen molar-refractivity contribution in [2.75, 3.05) is 48.6 Å². The maximum atomic E-state index is 13.8. The van der Waals surface area contributed by atoms with E-state index >= 15 is 0 Å².